The summed E-state index contributed by atoms with van der Waals surface area (Å²) >= 11 is 1.62. The molecule has 0 unspecified atom stereocenters. The van der Waals surface area contributed by atoms with Crippen LogP contribution in [0.1, 0.15) is 23.6 Å². The molecule has 0 amide bonds. The zero-order valence-corrected chi connectivity index (χ0v) is 14.5. The lowest BCUT2D eigenvalue weighted by atomic mass is 10.00. The van der Waals surface area contributed by atoms with E-state index in [-0.39, 0.29) is 5.56 Å². The van der Waals surface area contributed by atoms with Crippen LogP contribution in [0.2, 0.25) is 0 Å². The molecule has 0 bridgehead atoms. The van der Waals surface area contributed by atoms with Gasteiger partial charge in [-0.25, -0.2) is 4.79 Å². The van der Waals surface area contributed by atoms with Crippen molar-refractivity contribution in [3.05, 3.63) is 70.8 Å². The third-order valence-corrected chi connectivity index (χ3v) is 5.02. The van der Waals surface area contributed by atoms with E-state index in [1.54, 1.807) is 43.0 Å². The third-order valence-electron chi connectivity index (χ3n) is 4.27. The summed E-state index contributed by atoms with van der Waals surface area (Å²) in [4.78, 5) is 12.2. The second-order valence-corrected chi connectivity index (χ2v) is 6.64. The molecule has 0 heterocycles. The van der Waals surface area contributed by atoms with Gasteiger partial charge in [-0.3, -0.25) is 0 Å². The zero-order valence-electron chi connectivity index (χ0n) is 13.7. The molecule has 25 heavy (non-hydrogen) atoms. The van der Waals surface area contributed by atoms with Crippen molar-refractivity contribution in [2.75, 3.05) is 6.26 Å². The Balaban J connectivity index is 2.18. The number of rotatable bonds is 4. The van der Waals surface area contributed by atoms with Crippen molar-refractivity contribution in [3.8, 4) is 0 Å². The highest BCUT2D eigenvalue weighted by atomic mass is 32.2. The first-order valence-corrected chi connectivity index (χ1v) is 8.87. The molecule has 0 radical (unpaired) electrons. The molecule has 128 valence electrons. The van der Waals surface area contributed by atoms with Gasteiger partial charge in [0.1, 0.15) is 0 Å². The Labute approximate surface area is 148 Å². The minimum Gasteiger partial charge on any atom is -0.477 e. The SMILES string of the molecule is CSc1ccc(C=C2C(C)=C(C(F)(F)C(=O)O)c3ccccc32)cc1. The summed E-state index contributed by atoms with van der Waals surface area (Å²) in [6.45, 7) is 1.55. The van der Waals surface area contributed by atoms with Crippen molar-refractivity contribution >= 4 is 35.0 Å². The summed E-state index contributed by atoms with van der Waals surface area (Å²) in [7, 11) is 0. The van der Waals surface area contributed by atoms with E-state index >= 15 is 0 Å². The van der Waals surface area contributed by atoms with E-state index in [0.717, 1.165) is 10.5 Å². The van der Waals surface area contributed by atoms with Crippen LogP contribution >= 0.6 is 11.8 Å². The van der Waals surface area contributed by atoms with Crippen LogP contribution in [0.5, 0.6) is 0 Å². The molecule has 0 aromatic heterocycles. The van der Waals surface area contributed by atoms with Crippen LogP contribution in [-0.4, -0.2) is 23.3 Å². The molecule has 0 saturated carbocycles. The number of carbonyl (C=O) groups is 1. The number of hydrogen-bond donors (Lipinski definition) is 1. The standard InChI is InChI=1S/C20H16F2O2S/c1-12-17(11-13-7-9-14(25-2)10-8-13)15-5-3-4-6-16(15)18(12)20(21,22)19(23)24/h3-11H,1-2H3,(H,23,24). The van der Waals surface area contributed by atoms with Crippen LogP contribution in [0, 0.1) is 0 Å². The molecule has 3 rings (SSSR count). The molecule has 1 N–H and O–H groups in total. The maximum atomic E-state index is 14.3. The highest BCUT2D eigenvalue weighted by Crippen LogP contribution is 2.48. The van der Waals surface area contributed by atoms with Crippen molar-refractivity contribution in [2.24, 2.45) is 0 Å². The van der Waals surface area contributed by atoms with E-state index in [1.165, 1.54) is 0 Å². The van der Waals surface area contributed by atoms with Crippen LogP contribution in [0.15, 0.2) is 59.0 Å². The van der Waals surface area contributed by atoms with Gasteiger partial charge in [-0.1, -0.05) is 36.4 Å². The lowest BCUT2D eigenvalue weighted by Crippen LogP contribution is -2.29. The first-order valence-electron chi connectivity index (χ1n) is 7.64. The number of halogens is 2. The first kappa shape index (κ1) is 17.4. The minimum atomic E-state index is -3.93. The molecule has 0 fully saturated rings. The van der Waals surface area contributed by atoms with Crippen molar-refractivity contribution in [1.82, 2.24) is 0 Å². The number of thioether (sulfide) groups is 1. The molecule has 2 aromatic carbocycles. The Morgan fingerprint density at radius 1 is 1.08 bits per heavy atom. The Hall–Kier alpha value is -2.40. The van der Waals surface area contributed by atoms with Crippen LogP contribution in [0.25, 0.3) is 17.2 Å². The molecule has 1 aliphatic rings. The molecule has 0 saturated heterocycles. The van der Waals surface area contributed by atoms with E-state index < -0.39 is 17.5 Å². The summed E-state index contributed by atoms with van der Waals surface area (Å²) in [5.41, 5.74) is 2.28. The largest absolute Gasteiger partial charge is 0.477 e. The van der Waals surface area contributed by atoms with Crippen molar-refractivity contribution in [1.29, 1.82) is 0 Å². The number of carboxylic acid groups (broad SMARTS) is 1. The molecule has 0 atom stereocenters. The zero-order chi connectivity index (χ0) is 18.2. The van der Waals surface area contributed by atoms with Gasteiger partial charge in [0.15, 0.2) is 0 Å². The van der Waals surface area contributed by atoms with Gasteiger partial charge in [0, 0.05) is 10.5 Å². The second-order valence-electron chi connectivity index (χ2n) is 5.76. The second kappa shape index (κ2) is 6.48. The monoisotopic (exact) mass is 358 g/mol. The molecule has 2 nitrogen and oxygen atoms in total. The Bertz CT molecular complexity index is 896. The summed E-state index contributed by atoms with van der Waals surface area (Å²) in [5, 5.41) is 8.97. The van der Waals surface area contributed by atoms with E-state index in [4.69, 9.17) is 5.11 Å². The summed E-state index contributed by atoms with van der Waals surface area (Å²) in [6, 6.07) is 14.4. The lowest BCUT2D eigenvalue weighted by Gasteiger charge is -2.14. The molecule has 2 aromatic rings. The fraction of sp³-hybridized carbons (Fsp3) is 0.150. The number of hydrogen-bond acceptors (Lipinski definition) is 2. The normalized spacial score (nSPS) is 15.6. The maximum Gasteiger partial charge on any atom is 0.379 e. The average molecular weight is 358 g/mol. The molecule has 1 aliphatic carbocycles. The van der Waals surface area contributed by atoms with Gasteiger partial charge in [0.2, 0.25) is 0 Å². The number of aliphatic carboxylic acids is 1. The van der Waals surface area contributed by atoms with Crippen LogP contribution in [0.3, 0.4) is 0 Å². The maximum absolute atomic E-state index is 14.3. The predicted molar refractivity (Wildman–Crippen MR) is 97.7 cm³/mol. The smallest absolute Gasteiger partial charge is 0.379 e. The van der Waals surface area contributed by atoms with E-state index in [9.17, 15) is 13.6 Å². The number of benzene rings is 2. The fourth-order valence-electron chi connectivity index (χ4n) is 3.04. The molecule has 0 spiro atoms. The van der Waals surface area contributed by atoms with E-state index in [0.29, 0.717) is 16.7 Å². The Morgan fingerprint density at radius 2 is 1.68 bits per heavy atom. The topological polar surface area (TPSA) is 37.3 Å². The lowest BCUT2D eigenvalue weighted by molar-refractivity contribution is -0.156. The van der Waals surface area contributed by atoms with E-state index in [2.05, 4.69) is 0 Å². The van der Waals surface area contributed by atoms with Gasteiger partial charge in [0.25, 0.3) is 0 Å². The Morgan fingerprint density at radius 3 is 2.24 bits per heavy atom. The number of carboxylic acids is 1. The van der Waals surface area contributed by atoms with Crippen LogP contribution in [-0.2, 0) is 4.79 Å². The molecule has 0 aliphatic heterocycles. The average Bonchev–Trinajstić information content (AvgIpc) is 2.88. The number of alkyl halides is 2. The summed E-state index contributed by atoms with van der Waals surface area (Å²) < 4.78 is 28.6. The highest BCUT2D eigenvalue weighted by molar-refractivity contribution is 7.98. The molecular weight excluding hydrogens is 342 g/mol. The fourth-order valence-corrected chi connectivity index (χ4v) is 3.45. The number of fused-ring (bicyclic) bond motifs is 1. The highest BCUT2D eigenvalue weighted by Gasteiger charge is 2.48. The first-order chi connectivity index (χ1) is 11.9. The van der Waals surface area contributed by atoms with Crippen molar-refractivity contribution < 1.29 is 18.7 Å². The molecular formula is C20H16F2O2S. The van der Waals surface area contributed by atoms with Gasteiger partial charge in [0.05, 0.1) is 0 Å². The number of allylic oxidation sites excluding steroid dienone is 2. The predicted octanol–water partition coefficient (Wildman–Crippen LogP) is 5.46. The van der Waals surface area contributed by atoms with Gasteiger partial charge in [-0.15, -0.1) is 11.8 Å². The van der Waals surface area contributed by atoms with Crippen molar-refractivity contribution in [2.45, 2.75) is 17.7 Å². The third kappa shape index (κ3) is 3.00. The molecule has 5 heteroatoms. The Kier molecular flexibility index (Phi) is 4.52. The van der Waals surface area contributed by atoms with Gasteiger partial charge >= 0.3 is 11.9 Å². The van der Waals surface area contributed by atoms with Gasteiger partial charge in [-0.2, -0.15) is 8.78 Å². The summed E-state index contributed by atoms with van der Waals surface area (Å²) in [5.74, 6) is -6.07. The van der Waals surface area contributed by atoms with Crippen LogP contribution in [0.4, 0.5) is 8.78 Å². The van der Waals surface area contributed by atoms with E-state index in [1.807, 2.05) is 36.6 Å². The van der Waals surface area contributed by atoms with Gasteiger partial charge in [-0.05, 0) is 59.2 Å². The summed E-state index contributed by atoms with van der Waals surface area (Å²) in [6.07, 6.45) is 3.80. The quantitative estimate of drug-likeness (QED) is 0.738. The van der Waals surface area contributed by atoms with Crippen LogP contribution < -0.4 is 0 Å². The minimum absolute atomic E-state index is 0.277. The van der Waals surface area contributed by atoms with Gasteiger partial charge < -0.3 is 5.11 Å². The van der Waals surface area contributed by atoms with Crippen molar-refractivity contribution in [3.63, 3.8) is 0 Å².